The molecule has 12 heteroatoms. The first-order valence-corrected chi connectivity index (χ1v) is 12.2. The number of carboxylic acids is 1. The van der Waals surface area contributed by atoms with Crippen molar-refractivity contribution in [2.24, 2.45) is 5.92 Å². The number of amides is 1. The van der Waals surface area contributed by atoms with Gasteiger partial charge in [-0.1, -0.05) is 23.7 Å². The molecule has 0 heterocycles. The van der Waals surface area contributed by atoms with E-state index in [2.05, 4.69) is 5.32 Å². The van der Waals surface area contributed by atoms with E-state index in [9.17, 15) is 39.9 Å². The maximum absolute atomic E-state index is 12.8. The van der Waals surface area contributed by atoms with Gasteiger partial charge in [-0.05, 0) is 62.2 Å². The fourth-order valence-corrected chi connectivity index (χ4v) is 4.12. The molecule has 1 aliphatic rings. The molecule has 0 aromatic heterocycles. The van der Waals surface area contributed by atoms with E-state index in [4.69, 9.17) is 21.1 Å². The molecule has 3 rings (SSSR count). The summed E-state index contributed by atoms with van der Waals surface area (Å²) in [6, 6.07) is 13.2. The van der Waals surface area contributed by atoms with E-state index in [0.29, 0.717) is 29.3 Å². The van der Waals surface area contributed by atoms with Crippen molar-refractivity contribution in [3.05, 3.63) is 64.7 Å². The summed E-state index contributed by atoms with van der Waals surface area (Å²) in [5.41, 5.74) is -0.257. The second kappa shape index (κ2) is 12.1. The topological polar surface area (TPSA) is 183 Å². The average molecular weight is 552 g/mol. The average Bonchev–Trinajstić information content (AvgIpc) is 2.86. The highest BCUT2D eigenvalue weighted by atomic mass is 35.5. The summed E-state index contributed by atoms with van der Waals surface area (Å²) >= 11 is 5.83. The summed E-state index contributed by atoms with van der Waals surface area (Å²) in [6.07, 6.45) is -9.09. The molecule has 206 valence electrons. The van der Waals surface area contributed by atoms with Crippen LogP contribution in [0.4, 0.5) is 0 Å². The number of carbonyl (C=O) groups excluding carboxylic acids is 2. The van der Waals surface area contributed by atoms with Crippen LogP contribution in [0.15, 0.2) is 48.5 Å². The van der Waals surface area contributed by atoms with Gasteiger partial charge in [-0.2, -0.15) is 0 Å². The van der Waals surface area contributed by atoms with Crippen LogP contribution >= 0.6 is 11.6 Å². The minimum atomic E-state index is -1.97. The predicted octanol–water partition coefficient (Wildman–Crippen LogP) is 0.540. The number of aliphatic hydroxyl groups excluding tert-OH is 4. The number of benzene rings is 2. The number of halogens is 1. The van der Waals surface area contributed by atoms with Crippen LogP contribution in [0.1, 0.15) is 29.8 Å². The molecule has 1 fully saturated rings. The highest BCUT2D eigenvalue weighted by Crippen LogP contribution is 2.30. The zero-order valence-electron chi connectivity index (χ0n) is 20.7. The fourth-order valence-electron chi connectivity index (χ4n) is 4.00. The van der Waals surface area contributed by atoms with Gasteiger partial charge >= 0.3 is 11.9 Å². The SMILES string of the molecule is CC(C)(Oc1ccc(CCNC(=O)c2ccc(Cl)cc2)cc1)C(=O)O[C@@H]1C(O)[C@H](C(=O)O)[C@@H](O)[C@H](O)[C@H]1O. The third kappa shape index (κ3) is 6.80. The maximum atomic E-state index is 12.8. The van der Waals surface area contributed by atoms with Gasteiger partial charge in [0.25, 0.3) is 5.91 Å². The zero-order chi connectivity index (χ0) is 28.2. The lowest BCUT2D eigenvalue weighted by Crippen LogP contribution is -2.64. The summed E-state index contributed by atoms with van der Waals surface area (Å²) in [7, 11) is 0. The number of hydrogen-bond donors (Lipinski definition) is 6. The molecule has 2 aromatic rings. The number of carbonyl (C=O) groups is 3. The molecule has 1 unspecified atom stereocenters. The number of aliphatic hydroxyl groups is 4. The molecule has 6 atom stereocenters. The Kier molecular flexibility index (Phi) is 9.34. The summed E-state index contributed by atoms with van der Waals surface area (Å²) in [4.78, 5) is 36.4. The van der Waals surface area contributed by atoms with Gasteiger partial charge < -0.3 is 40.3 Å². The summed E-state index contributed by atoms with van der Waals surface area (Å²) < 4.78 is 10.9. The number of aliphatic carboxylic acids is 1. The molecule has 1 aliphatic carbocycles. The first kappa shape index (κ1) is 29.3. The van der Waals surface area contributed by atoms with Crippen molar-refractivity contribution in [2.75, 3.05) is 6.54 Å². The maximum Gasteiger partial charge on any atom is 0.350 e. The van der Waals surface area contributed by atoms with Gasteiger partial charge in [-0.25, -0.2) is 4.79 Å². The Morgan fingerprint density at radius 3 is 2.08 bits per heavy atom. The Hall–Kier alpha value is -3.22. The molecule has 1 saturated carbocycles. The highest BCUT2D eigenvalue weighted by Gasteiger charge is 2.54. The molecule has 2 aromatic carbocycles. The third-order valence-electron chi connectivity index (χ3n) is 6.23. The molecular formula is C26H30ClNO10. The third-order valence-corrected chi connectivity index (χ3v) is 6.48. The number of rotatable bonds is 9. The zero-order valence-corrected chi connectivity index (χ0v) is 21.4. The van der Waals surface area contributed by atoms with Gasteiger partial charge in [-0.3, -0.25) is 9.59 Å². The lowest BCUT2D eigenvalue weighted by Gasteiger charge is -2.42. The largest absolute Gasteiger partial charge is 0.481 e. The Balaban J connectivity index is 1.56. The molecule has 0 radical (unpaired) electrons. The van der Waals surface area contributed by atoms with Gasteiger partial charge in [0.05, 0.1) is 6.10 Å². The molecule has 1 amide bonds. The summed E-state index contributed by atoms with van der Waals surface area (Å²) in [6.45, 7) is 3.12. The highest BCUT2D eigenvalue weighted by molar-refractivity contribution is 6.30. The van der Waals surface area contributed by atoms with E-state index in [1.165, 1.54) is 13.8 Å². The molecule has 0 aliphatic heterocycles. The standard InChI is InChI=1S/C26H30ClNO10/c1-26(2,25(36)37-22-19(30)17(24(34)35)18(29)20(31)21(22)32)38-16-9-3-13(4-10-16)11-12-28-23(33)14-5-7-15(27)8-6-14/h3-10,17-22,29-32H,11-12H2,1-2H3,(H,28,33)(H,34,35)/t17-,18-,19?,20+,21-,22-/m1/s1. The number of carboxylic acid groups (broad SMARTS) is 1. The van der Waals surface area contributed by atoms with Crippen molar-refractivity contribution >= 4 is 29.4 Å². The van der Waals surface area contributed by atoms with Crippen molar-refractivity contribution in [1.29, 1.82) is 0 Å². The van der Waals surface area contributed by atoms with Gasteiger partial charge in [0, 0.05) is 17.1 Å². The predicted molar refractivity (Wildman–Crippen MR) is 134 cm³/mol. The normalized spacial score (nSPS) is 25.3. The molecular weight excluding hydrogens is 522 g/mol. The number of ether oxygens (including phenoxy) is 2. The molecule has 38 heavy (non-hydrogen) atoms. The van der Waals surface area contributed by atoms with Crippen LogP contribution in [-0.2, 0) is 20.7 Å². The molecule has 0 saturated heterocycles. The Labute approximate surface area is 223 Å². The van der Waals surface area contributed by atoms with E-state index in [-0.39, 0.29) is 5.91 Å². The summed E-state index contributed by atoms with van der Waals surface area (Å²) in [5.74, 6) is -4.48. The van der Waals surface area contributed by atoms with Crippen molar-refractivity contribution in [3.63, 3.8) is 0 Å². The van der Waals surface area contributed by atoms with E-state index < -0.39 is 54.0 Å². The first-order chi connectivity index (χ1) is 17.8. The number of nitrogens with one attached hydrogen (secondary N) is 1. The molecule has 6 N–H and O–H groups in total. The molecule has 11 nitrogen and oxygen atoms in total. The summed E-state index contributed by atoms with van der Waals surface area (Å²) in [5, 5.41) is 52.9. The first-order valence-electron chi connectivity index (χ1n) is 11.8. The minimum Gasteiger partial charge on any atom is -0.481 e. The van der Waals surface area contributed by atoms with Gasteiger partial charge in [0.1, 0.15) is 30.0 Å². The van der Waals surface area contributed by atoms with E-state index >= 15 is 0 Å². The number of esters is 1. The van der Waals surface area contributed by atoms with Crippen LogP contribution in [0.3, 0.4) is 0 Å². The Morgan fingerprint density at radius 1 is 0.895 bits per heavy atom. The van der Waals surface area contributed by atoms with Crippen molar-refractivity contribution in [1.82, 2.24) is 5.32 Å². The second-order valence-corrected chi connectivity index (χ2v) is 9.90. The number of hydrogen-bond acceptors (Lipinski definition) is 9. The van der Waals surface area contributed by atoms with Crippen LogP contribution in [0.25, 0.3) is 0 Å². The van der Waals surface area contributed by atoms with Crippen LogP contribution in [0.5, 0.6) is 5.75 Å². The van der Waals surface area contributed by atoms with Gasteiger partial charge in [0.2, 0.25) is 0 Å². The van der Waals surface area contributed by atoms with Crippen LogP contribution < -0.4 is 10.1 Å². The monoisotopic (exact) mass is 551 g/mol. The Morgan fingerprint density at radius 2 is 1.50 bits per heavy atom. The second-order valence-electron chi connectivity index (χ2n) is 9.47. The lowest BCUT2D eigenvalue weighted by molar-refractivity contribution is -0.228. The van der Waals surface area contributed by atoms with Gasteiger partial charge in [-0.15, -0.1) is 0 Å². The van der Waals surface area contributed by atoms with E-state index in [1.807, 2.05) is 0 Å². The molecule has 0 bridgehead atoms. The smallest absolute Gasteiger partial charge is 0.350 e. The Bertz CT molecular complexity index is 1140. The van der Waals surface area contributed by atoms with Crippen LogP contribution in [0, 0.1) is 5.92 Å². The molecule has 0 spiro atoms. The van der Waals surface area contributed by atoms with E-state index in [1.54, 1.807) is 48.5 Å². The van der Waals surface area contributed by atoms with Crippen LogP contribution in [-0.4, -0.2) is 86.0 Å². The van der Waals surface area contributed by atoms with Crippen LogP contribution in [0.2, 0.25) is 5.02 Å². The quantitative estimate of drug-likeness (QED) is 0.240. The van der Waals surface area contributed by atoms with Crippen molar-refractivity contribution in [2.45, 2.75) is 56.4 Å². The lowest BCUT2D eigenvalue weighted by atomic mass is 9.78. The van der Waals surface area contributed by atoms with Gasteiger partial charge in [0.15, 0.2) is 11.7 Å². The fraction of sp³-hybridized carbons (Fsp3) is 0.423. The van der Waals surface area contributed by atoms with E-state index in [0.717, 1.165) is 5.56 Å². The minimum absolute atomic E-state index is 0.230. The van der Waals surface area contributed by atoms with Crippen molar-refractivity contribution < 1.29 is 49.4 Å². The van der Waals surface area contributed by atoms with Crippen molar-refractivity contribution in [3.8, 4) is 5.75 Å².